The molecule has 5 rings (SSSR count). The van der Waals surface area contributed by atoms with E-state index in [1.54, 1.807) is 18.2 Å². The Morgan fingerprint density at radius 2 is 1.60 bits per heavy atom. The lowest BCUT2D eigenvalue weighted by Crippen LogP contribution is -2.37. The van der Waals surface area contributed by atoms with Crippen LogP contribution in [0.4, 0.5) is 11.4 Å². The lowest BCUT2D eigenvalue weighted by molar-refractivity contribution is -0.123. The number of hydrogen-bond donors (Lipinski definition) is 1. The van der Waals surface area contributed by atoms with Crippen molar-refractivity contribution in [1.82, 2.24) is 0 Å². The molecule has 3 amide bonds. The fourth-order valence-electron chi connectivity index (χ4n) is 5.48. The molecule has 2 aromatic carbocycles. The van der Waals surface area contributed by atoms with Gasteiger partial charge < -0.3 is 10.1 Å². The molecule has 0 unspecified atom stereocenters. The third-order valence-electron chi connectivity index (χ3n) is 7.16. The van der Waals surface area contributed by atoms with E-state index in [2.05, 4.69) is 5.32 Å². The molecule has 1 aliphatic heterocycles. The lowest BCUT2D eigenvalue weighted by atomic mass is 9.80. The molecule has 7 nitrogen and oxygen atoms in total. The van der Waals surface area contributed by atoms with Crippen molar-refractivity contribution in [3.63, 3.8) is 0 Å². The van der Waals surface area contributed by atoms with Crippen LogP contribution in [0.3, 0.4) is 0 Å². The van der Waals surface area contributed by atoms with E-state index in [1.807, 2.05) is 6.92 Å². The van der Waals surface area contributed by atoms with Crippen molar-refractivity contribution in [3.05, 3.63) is 58.6 Å². The predicted octanol–water partition coefficient (Wildman–Crippen LogP) is 4.41. The van der Waals surface area contributed by atoms with Crippen molar-refractivity contribution < 1.29 is 23.9 Å². The first kappa shape index (κ1) is 24.1. The van der Waals surface area contributed by atoms with Crippen LogP contribution in [0.15, 0.2) is 42.5 Å². The molecule has 2 saturated carbocycles. The Balaban J connectivity index is 1.22. The van der Waals surface area contributed by atoms with E-state index in [0.717, 1.165) is 5.56 Å². The van der Waals surface area contributed by atoms with Crippen LogP contribution in [0, 0.1) is 30.6 Å². The average Bonchev–Trinajstić information content (AvgIpc) is 3.45. The summed E-state index contributed by atoms with van der Waals surface area (Å²) in [6, 6.07) is 11.0. The largest absolute Gasteiger partial charge is 0.452 e. The summed E-state index contributed by atoms with van der Waals surface area (Å²) >= 11 is 18.7. The molecule has 1 heterocycles. The second-order valence-electron chi connectivity index (χ2n) is 9.15. The minimum atomic E-state index is -0.710. The van der Waals surface area contributed by atoms with E-state index in [-0.39, 0.29) is 40.0 Å². The number of imide groups is 1. The predicted molar refractivity (Wildman–Crippen MR) is 132 cm³/mol. The van der Waals surface area contributed by atoms with Crippen LogP contribution in [0.2, 0.25) is 5.02 Å². The van der Waals surface area contributed by atoms with Gasteiger partial charge in [-0.15, -0.1) is 23.2 Å². The number of nitrogens with zero attached hydrogens (tertiary/aromatic N) is 1. The van der Waals surface area contributed by atoms with Crippen molar-refractivity contribution in [2.24, 2.45) is 23.7 Å². The Morgan fingerprint density at radius 1 is 1.00 bits per heavy atom. The minimum absolute atomic E-state index is 0.105. The summed E-state index contributed by atoms with van der Waals surface area (Å²) in [5, 5.41) is 2.48. The Morgan fingerprint density at radius 3 is 2.20 bits per heavy atom. The summed E-state index contributed by atoms with van der Waals surface area (Å²) in [7, 11) is 0. The molecule has 35 heavy (non-hydrogen) atoms. The number of amides is 3. The van der Waals surface area contributed by atoms with E-state index in [4.69, 9.17) is 39.5 Å². The summed E-state index contributed by atoms with van der Waals surface area (Å²) < 4.78 is 5.10. The molecule has 1 N–H and O–H groups in total. The van der Waals surface area contributed by atoms with Gasteiger partial charge in [0.05, 0.1) is 33.8 Å². The van der Waals surface area contributed by atoms with E-state index in [0.29, 0.717) is 22.8 Å². The lowest BCUT2D eigenvalue weighted by Gasteiger charge is -2.28. The van der Waals surface area contributed by atoms with E-state index < -0.39 is 30.3 Å². The van der Waals surface area contributed by atoms with Gasteiger partial charge in [-0.05, 0) is 67.1 Å². The summed E-state index contributed by atoms with van der Waals surface area (Å²) in [5.41, 5.74) is 1.90. The van der Waals surface area contributed by atoms with Crippen LogP contribution in [0.5, 0.6) is 0 Å². The smallest absolute Gasteiger partial charge is 0.338 e. The van der Waals surface area contributed by atoms with Crippen LogP contribution in [-0.2, 0) is 19.1 Å². The summed E-state index contributed by atoms with van der Waals surface area (Å²) in [6.07, 6.45) is 0.693. The zero-order chi connectivity index (χ0) is 25.0. The molecule has 10 heteroatoms. The zero-order valence-electron chi connectivity index (χ0n) is 18.5. The van der Waals surface area contributed by atoms with Gasteiger partial charge in [-0.1, -0.05) is 17.7 Å². The fraction of sp³-hybridized carbons (Fsp3) is 0.360. The molecule has 182 valence electrons. The van der Waals surface area contributed by atoms with Gasteiger partial charge in [0.15, 0.2) is 6.61 Å². The van der Waals surface area contributed by atoms with E-state index in [9.17, 15) is 19.2 Å². The first-order chi connectivity index (χ1) is 16.7. The number of alkyl halides is 2. The fourth-order valence-corrected chi connectivity index (χ4v) is 6.54. The molecular weight excluding hydrogens is 515 g/mol. The number of nitrogens with one attached hydrogen (secondary N) is 1. The van der Waals surface area contributed by atoms with Crippen LogP contribution in [0.1, 0.15) is 22.3 Å². The number of esters is 1. The molecule has 6 atom stereocenters. The van der Waals surface area contributed by atoms with Crippen molar-refractivity contribution >= 4 is 69.9 Å². The molecule has 1 saturated heterocycles. The van der Waals surface area contributed by atoms with Crippen molar-refractivity contribution in [2.75, 3.05) is 16.8 Å². The number of rotatable bonds is 5. The number of anilines is 2. The number of halogens is 3. The number of ether oxygens (including phenoxy) is 1. The molecule has 0 spiro atoms. The maximum atomic E-state index is 13.1. The number of benzene rings is 2. The number of fused-ring (bicyclic) bond motifs is 5. The second-order valence-corrected chi connectivity index (χ2v) is 10.6. The number of carbonyl (C=O) groups is 4. The topological polar surface area (TPSA) is 92.8 Å². The zero-order valence-corrected chi connectivity index (χ0v) is 20.8. The number of hydrogen-bond acceptors (Lipinski definition) is 5. The highest BCUT2D eigenvalue weighted by Crippen LogP contribution is 2.59. The highest BCUT2D eigenvalue weighted by Gasteiger charge is 2.66. The average molecular weight is 536 g/mol. The number of carbonyl (C=O) groups excluding carboxylic acids is 4. The molecular formula is C25H21Cl3N2O5. The number of aryl methyl sites for hydroxylation is 1. The third kappa shape index (κ3) is 4.09. The van der Waals surface area contributed by atoms with Gasteiger partial charge >= 0.3 is 5.97 Å². The molecule has 2 aromatic rings. The van der Waals surface area contributed by atoms with E-state index >= 15 is 0 Å². The van der Waals surface area contributed by atoms with Gasteiger partial charge in [-0.2, -0.15) is 0 Å². The van der Waals surface area contributed by atoms with Crippen LogP contribution in [0.25, 0.3) is 0 Å². The van der Waals surface area contributed by atoms with Gasteiger partial charge in [-0.3, -0.25) is 19.3 Å². The second kappa shape index (κ2) is 9.12. The molecule has 3 aliphatic rings. The Labute approximate surface area is 216 Å². The van der Waals surface area contributed by atoms with Gasteiger partial charge in [-0.25, -0.2) is 4.79 Å². The first-order valence-corrected chi connectivity index (χ1v) is 12.4. The summed E-state index contributed by atoms with van der Waals surface area (Å²) in [5.74, 6) is -2.87. The molecule has 3 fully saturated rings. The quantitative estimate of drug-likeness (QED) is 0.348. The van der Waals surface area contributed by atoms with Crippen LogP contribution >= 0.6 is 34.8 Å². The van der Waals surface area contributed by atoms with Gasteiger partial charge in [0.2, 0.25) is 11.8 Å². The highest BCUT2D eigenvalue weighted by molar-refractivity contribution is 6.32. The van der Waals surface area contributed by atoms with Crippen LogP contribution in [-0.4, -0.2) is 41.1 Å². The Kier molecular flexibility index (Phi) is 6.28. The SMILES string of the molecule is Cc1ccc(Cl)cc1NC(=O)COC(=O)c1ccc(N2C(=O)[C@@H]3[C@H]4C[C@@H]([C@H](Cl)[C@H]4Cl)[C@H]3C2=O)cc1. The van der Waals surface area contributed by atoms with Gasteiger partial charge in [0.1, 0.15) is 0 Å². The Hall–Kier alpha value is -2.61. The third-order valence-corrected chi connectivity index (χ3v) is 8.71. The van der Waals surface area contributed by atoms with Crippen LogP contribution < -0.4 is 10.2 Å². The normalized spacial score (nSPS) is 28.9. The Bertz CT molecular complexity index is 1200. The monoisotopic (exact) mass is 534 g/mol. The van der Waals surface area contributed by atoms with E-state index in [1.165, 1.54) is 29.2 Å². The maximum absolute atomic E-state index is 13.1. The summed E-state index contributed by atoms with van der Waals surface area (Å²) in [6.45, 7) is 1.33. The van der Waals surface area contributed by atoms with Crippen molar-refractivity contribution in [1.29, 1.82) is 0 Å². The van der Waals surface area contributed by atoms with Gasteiger partial charge in [0, 0.05) is 10.7 Å². The molecule has 0 aromatic heterocycles. The maximum Gasteiger partial charge on any atom is 0.338 e. The van der Waals surface area contributed by atoms with Crippen molar-refractivity contribution in [2.45, 2.75) is 24.1 Å². The highest BCUT2D eigenvalue weighted by atomic mass is 35.5. The minimum Gasteiger partial charge on any atom is -0.452 e. The molecule has 2 bridgehead atoms. The summed E-state index contributed by atoms with van der Waals surface area (Å²) in [4.78, 5) is 51.9. The molecule has 0 radical (unpaired) electrons. The van der Waals surface area contributed by atoms with Crippen molar-refractivity contribution in [3.8, 4) is 0 Å². The molecule has 2 aliphatic carbocycles. The van der Waals surface area contributed by atoms with Gasteiger partial charge in [0.25, 0.3) is 5.91 Å². The standard InChI is InChI=1S/C25H21Cl3N2O5/c1-11-2-5-13(26)8-17(11)29-18(31)10-35-25(34)12-3-6-14(7-4-12)30-23(32)19-15-9-16(20(19)24(30)33)22(28)21(15)27/h2-8,15-16,19-22H,9-10H2,1H3,(H,29,31)/t15-,16-,19-,20-,21+,22+/m1/s1. The first-order valence-electron chi connectivity index (χ1n) is 11.2.